The molecule has 0 aliphatic carbocycles. The normalized spacial score (nSPS) is 12.1. The summed E-state index contributed by atoms with van der Waals surface area (Å²) in [6.45, 7) is 6.48. The van der Waals surface area contributed by atoms with Crippen molar-refractivity contribution >= 4 is 16.1 Å². The molecule has 0 spiro atoms. The van der Waals surface area contributed by atoms with E-state index in [-0.39, 0.29) is 31.3 Å². The van der Waals surface area contributed by atoms with Gasteiger partial charge >= 0.3 is 5.97 Å². The summed E-state index contributed by atoms with van der Waals surface area (Å²) in [5.41, 5.74) is -0.529. The van der Waals surface area contributed by atoms with Crippen molar-refractivity contribution in [2.75, 3.05) is 46.2 Å². The van der Waals surface area contributed by atoms with E-state index in [1.165, 1.54) is 12.1 Å². The Balaban J connectivity index is 1.96. The van der Waals surface area contributed by atoms with E-state index in [0.29, 0.717) is 19.8 Å². The highest BCUT2D eigenvalue weighted by molar-refractivity contribution is 7.86. The van der Waals surface area contributed by atoms with E-state index >= 15 is 0 Å². The number of rotatable bonds is 13. The van der Waals surface area contributed by atoms with Crippen LogP contribution in [-0.2, 0) is 38.0 Å². The molecule has 1 aromatic carbocycles. The second kappa shape index (κ2) is 12.0. The summed E-state index contributed by atoms with van der Waals surface area (Å²) in [5, 5.41) is 0. The summed E-state index contributed by atoms with van der Waals surface area (Å²) < 4.78 is 49.3. The summed E-state index contributed by atoms with van der Waals surface area (Å²) >= 11 is 0. The van der Waals surface area contributed by atoms with Crippen molar-refractivity contribution in [1.82, 2.24) is 0 Å². The van der Waals surface area contributed by atoms with Crippen molar-refractivity contribution in [3.8, 4) is 0 Å². The van der Waals surface area contributed by atoms with Crippen LogP contribution < -0.4 is 0 Å². The molecule has 0 heterocycles. The van der Waals surface area contributed by atoms with E-state index in [1.54, 1.807) is 39.0 Å². The standard InChI is InChI=1S/C18H28O8S/c1-18(2,3)26-17(19)15-24-12-11-22-9-10-23-13-14-25-27(20,21)16-7-5-4-6-8-16/h4-8H,9-15H2,1-3H3. The maximum Gasteiger partial charge on any atom is 0.332 e. The van der Waals surface area contributed by atoms with Crippen molar-refractivity contribution in [1.29, 1.82) is 0 Å². The zero-order chi connectivity index (χ0) is 20.2. The Hall–Kier alpha value is -1.52. The van der Waals surface area contributed by atoms with Crippen molar-refractivity contribution in [3.63, 3.8) is 0 Å². The molecule has 0 unspecified atom stereocenters. The summed E-state index contributed by atoms with van der Waals surface area (Å²) in [5.74, 6) is -0.420. The lowest BCUT2D eigenvalue weighted by atomic mass is 10.2. The average Bonchev–Trinajstić information content (AvgIpc) is 2.59. The van der Waals surface area contributed by atoms with Crippen LogP contribution in [0.5, 0.6) is 0 Å². The summed E-state index contributed by atoms with van der Waals surface area (Å²) in [6, 6.07) is 7.91. The first-order valence-electron chi connectivity index (χ1n) is 8.60. The number of esters is 1. The quantitative estimate of drug-likeness (QED) is 0.279. The molecule has 27 heavy (non-hydrogen) atoms. The van der Waals surface area contributed by atoms with Crippen molar-refractivity contribution in [3.05, 3.63) is 30.3 Å². The Kier molecular flexibility index (Phi) is 10.5. The molecule has 0 bridgehead atoms. The van der Waals surface area contributed by atoms with E-state index in [1.807, 2.05) is 0 Å². The lowest BCUT2D eigenvalue weighted by Crippen LogP contribution is -2.27. The van der Waals surface area contributed by atoms with Crippen LogP contribution in [0.4, 0.5) is 0 Å². The van der Waals surface area contributed by atoms with Gasteiger partial charge in [0.1, 0.15) is 12.2 Å². The van der Waals surface area contributed by atoms with Crippen LogP contribution in [-0.4, -0.2) is 66.2 Å². The number of carbonyl (C=O) groups is 1. The van der Waals surface area contributed by atoms with Gasteiger partial charge in [-0.2, -0.15) is 8.42 Å². The maximum absolute atomic E-state index is 11.8. The molecule has 8 nitrogen and oxygen atoms in total. The predicted molar refractivity (Wildman–Crippen MR) is 97.9 cm³/mol. The van der Waals surface area contributed by atoms with Gasteiger partial charge in [0.05, 0.1) is 44.5 Å². The monoisotopic (exact) mass is 404 g/mol. The molecule has 0 atom stereocenters. The third-order valence-corrected chi connectivity index (χ3v) is 4.21. The number of ether oxygens (including phenoxy) is 4. The molecule has 0 radical (unpaired) electrons. The lowest BCUT2D eigenvalue weighted by molar-refractivity contribution is -0.160. The van der Waals surface area contributed by atoms with E-state index in [9.17, 15) is 13.2 Å². The maximum atomic E-state index is 11.8. The van der Waals surface area contributed by atoms with Gasteiger partial charge in [-0.15, -0.1) is 0 Å². The van der Waals surface area contributed by atoms with Crippen molar-refractivity contribution in [2.45, 2.75) is 31.3 Å². The highest BCUT2D eigenvalue weighted by Crippen LogP contribution is 2.10. The Morgan fingerprint density at radius 3 is 1.93 bits per heavy atom. The number of hydrogen-bond donors (Lipinski definition) is 0. The van der Waals surface area contributed by atoms with Gasteiger partial charge in [-0.05, 0) is 32.9 Å². The van der Waals surface area contributed by atoms with Gasteiger partial charge in [0.25, 0.3) is 10.1 Å². The first kappa shape index (κ1) is 23.5. The third kappa shape index (κ3) is 11.7. The van der Waals surface area contributed by atoms with Gasteiger partial charge in [0.2, 0.25) is 0 Å². The van der Waals surface area contributed by atoms with Crippen LogP contribution in [0, 0.1) is 0 Å². The Morgan fingerprint density at radius 1 is 0.852 bits per heavy atom. The first-order valence-corrected chi connectivity index (χ1v) is 10.0. The average molecular weight is 404 g/mol. The molecule has 0 aliphatic rings. The number of hydrogen-bond acceptors (Lipinski definition) is 8. The topological polar surface area (TPSA) is 97.4 Å². The van der Waals surface area contributed by atoms with Crippen LogP contribution in [0.15, 0.2) is 35.2 Å². The number of benzene rings is 1. The molecular weight excluding hydrogens is 376 g/mol. The van der Waals surface area contributed by atoms with E-state index in [2.05, 4.69) is 0 Å². The van der Waals surface area contributed by atoms with Gasteiger partial charge < -0.3 is 18.9 Å². The highest BCUT2D eigenvalue weighted by atomic mass is 32.2. The largest absolute Gasteiger partial charge is 0.458 e. The van der Waals surface area contributed by atoms with E-state index in [0.717, 1.165) is 0 Å². The van der Waals surface area contributed by atoms with Gasteiger partial charge in [-0.25, -0.2) is 4.79 Å². The fourth-order valence-electron chi connectivity index (χ4n) is 1.82. The van der Waals surface area contributed by atoms with Crippen LogP contribution >= 0.6 is 0 Å². The fourth-order valence-corrected chi connectivity index (χ4v) is 2.74. The third-order valence-electron chi connectivity index (χ3n) is 2.88. The SMILES string of the molecule is CC(C)(C)OC(=O)COCCOCCOCCOS(=O)(=O)c1ccccc1. The molecule has 0 aliphatic heterocycles. The first-order chi connectivity index (χ1) is 12.7. The van der Waals surface area contributed by atoms with Gasteiger partial charge in [-0.3, -0.25) is 4.18 Å². The molecule has 9 heteroatoms. The summed E-state index contributed by atoms with van der Waals surface area (Å²) in [4.78, 5) is 11.5. The van der Waals surface area contributed by atoms with Gasteiger partial charge in [0, 0.05) is 0 Å². The highest BCUT2D eigenvalue weighted by Gasteiger charge is 2.16. The van der Waals surface area contributed by atoms with Crippen LogP contribution in [0.3, 0.4) is 0 Å². The minimum absolute atomic E-state index is 0.0732. The lowest BCUT2D eigenvalue weighted by Gasteiger charge is -2.19. The van der Waals surface area contributed by atoms with Crippen molar-refractivity contribution in [2.24, 2.45) is 0 Å². The van der Waals surface area contributed by atoms with E-state index in [4.69, 9.17) is 23.1 Å². The summed E-state index contributed by atoms with van der Waals surface area (Å²) in [7, 11) is -3.75. The zero-order valence-corrected chi connectivity index (χ0v) is 16.8. The minimum atomic E-state index is -3.75. The smallest absolute Gasteiger partial charge is 0.332 e. The molecular formula is C18H28O8S. The van der Waals surface area contributed by atoms with Crippen LogP contribution in [0.25, 0.3) is 0 Å². The molecule has 0 aromatic heterocycles. The molecule has 154 valence electrons. The van der Waals surface area contributed by atoms with E-state index < -0.39 is 21.7 Å². The fraction of sp³-hybridized carbons (Fsp3) is 0.611. The molecule has 1 rings (SSSR count). The predicted octanol–water partition coefficient (Wildman–Crippen LogP) is 1.78. The molecule has 0 saturated heterocycles. The molecule has 0 fully saturated rings. The molecule has 0 N–H and O–H groups in total. The Bertz CT molecular complexity index is 637. The molecule has 1 aromatic rings. The minimum Gasteiger partial charge on any atom is -0.458 e. The second-order valence-electron chi connectivity index (χ2n) is 6.45. The Morgan fingerprint density at radius 2 is 1.37 bits per heavy atom. The summed E-state index contributed by atoms with van der Waals surface area (Å²) in [6.07, 6.45) is 0. The second-order valence-corrected chi connectivity index (χ2v) is 8.07. The molecule has 0 saturated carbocycles. The zero-order valence-electron chi connectivity index (χ0n) is 16.0. The van der Waals surface area contributed by atoms with Gasteiger partial charge in [0.15, 0.2) is 0 Å². The van der Waals surface area contributed by atoms with Crippen LogP contribution in [0.1, 0.15) is 20.8 Å². The number of carbonyl (C=O) groups excluding carboxylic acids is 1. The van der Waals surface area contributed by atoms with Crippen LogP contribution in [0.2, 0.25) is 0 Å². The molecule has 0 amide bonds. The van der Waals surface area contributed by atoms with Crippen molar-refractivity contribution < 1.29 is 36.3 Å². The Labute approximate surface area is 160 Å². The van der Waals surface area contributed by atoms with Gasteiger partial charge in [-0.1, -0.05) is 18.2 Å².